The van der Waals surface area contributed by atoms with Gasteiger partial charge in [0.2, 0.25) is 0 Å². The molecule has 0 saturated carbocycles. The molecule has 0 aliphatic heterocycles. The third-order valence-electron chi connectivity index (χ3n) is 15.5. The average Bonchev–Trinajstić information content (AvgIpc) is 3.94. The Kier molecular flexibility index (Phi) is 12.6. The number of para-hydroxylation sites is 2. The zero-order chi connectivity index (χ0) is 52.4. The van der Waals surface area contributed by atoms with Crippen LogP contribution in [0.4, 0.5) is 51.2 Å². The maximum Gasteiger partial charge on any atom is 0.0465 e. The number of hydrogen-bond acceptors (Lipinski definition) is 3. The van der Waals surface area contributed by atoms with Crippen LogP contribution >= 0.6 is 0 Å². The van der Waals surface area contributed by atoms with Crippen LogP contribution in [0.3, 0.4) is 0 Å². The lowest BCUT2D eigenvalue weighted by atomic mass is 9.82. The summed E-state index contributed by atoms with van der Waals surface area (Å²) in [5.41, 5.74) is 24.6. The highest BCUT2D eigenvalue weighted by Gasteiger charge is 2.35. The van der Waals surface area contributed by atoms with Crippen LogP contribution in [0.25, 0.3) is 55.6 Å². The molecule has 3 heteroatoms. The van der Waals surface area contributed by atoms with Crippen molar-refractivity contribution in [2.24, 2.45) is 0 Å². The summed E-state index contributed by atoms with van der Waals surface area (Å²) in [7, 11) is 0. The first-order valence-corrected chi connectivity index (χ1v) is 26.9. The Labute approximate surface area is 458 Å². The molecule has 0 amide bonds. The van der Waals surface area contributed by atoms with Crippen molar-refractivity contribution in [2.45, 2.75) is 19.3 Å². The van der Waals surface area contributed by atoms with Gasteiger partial charge in [-0.05, 0) is 176 Å². The van der Waals surface area contributed by atoms with Gasteiger partial charge in [-0.25, -0.2) is 0 Å². The predicted molar refractivity (Wildman–Crippen MR) is 330 cm³/mol. The van der Waals surface area contributed by atoms with Crippen LogP contribution in [0.2, 0.25) is 0 Å². The van der Waals surface area contributed by atoms with E-state index in [-0.39, 0.29) is 5.41 Å². The van der Waals surface area contributed by atoms with Gasteiger partial charge in [0.1, 0.15) is 0 Å². The summed E-state index contributed by atoms with van der Waals surface area (Å²) in [5, 5.41) is 0. The van der Waals surface area contributed by atoms with Gasteiger partial charge in [-0.2, -0.15) is 0 Å². The highest BCUT2D eigenvalue weighted by Crippen LogP contribution is 2.51. The van der Waals surface area contributed by atoms with Gasteiger partial charge < -0.3 is 14.7 Å². The molecule has 372 valence electrons. The fourth-order valence-corrected chi connectivity index (χ4v) is 11.4. The minimum atomic E-state index is -0.136. The Morgan fingerprint density at radius 3 is 0.756 bits per heavy atom. The molecule has 0 N–H and O–H groups in total. The average molecular weight is 1000 g/mol. The monoisotopic (exact) mass is 999 g/mol. The third kappa shape index (κ3) is 9.22. The highest BCUT2D eigenvalue weighted by atomic mass is 15.2. The van der Waals surface area contributed by atoms with E-state index in [9.17, 15) is 0 Å². The molecule has 78 heavy (non-hydrogen) atoms. The van der Waals surface area contributed by atoms with Crippen LogP contribution in [-0.2, 0) is 5.41 Å². The summed E-state index contributed by atoms with van der Waals surface area (Å²) >= 11 is 0. The lowest BCUT2D eigenvalue weighted by Gasteiger charge is -2.28. The molecule has 0 heterocycles. The van der Waals surface area contributed by atoms with Crippen molar-refractivity contribution in [2.75, 3.05) is 14.7 Å². The first-order chi connectivity index (χ1) is 38.4. The summed E-state index contributed by atoms with van der Waals surface area (Å²) in [6, 6.07) is 112. The quantitative estimate of drug-likeness (QED) is 0.114. The molecule has 0 saturated heterocycles. The zero-order valence-corrected chi connectivity index (χ0v) is 43.8. The summed E-state index contributed by atoms with van der Waals surface area (Å²) < 4.78 is 0. The van der Waals surface area contributed by atoms with Crippen molar-refractivity contribution in [3.05, 3.63) is 321 Å². The van der Waals surface area contributed by atoms with E-state index < -0.39 is 0 Å². The van der Waals surface area contributed by atoms with Crippen LogP contribution < -0.4 is 14.7 Å². The van der Waals surface area contributed by atoms with E-state index >= 15 is 0 Å². The molecule has 0 unspecified atom stereocenters. The van der Waals surface area contributed by atoms with Crippen LogP contribution in [0.1, 0.15) is 25.0 Å². The third-order valence-corrected chi connectivity index (χ3v) is 15.5. The summed E-state index contributed by atoms with van der Waals surface area (Å²) in [6.45, 7) is 4.71. The molecule has 1 aliphatic rings. The lowest BCUT2D eigenvalue weighted by Crippen LogP contribution is -2.16. The van der Waals surface area contributed by atoms with Crippen molar-refractivity contribution in [3.63, 3.8) is 0 Å². The van der Waals surface area contributed by atoms with E-state index in [4.69, 9.17) is 0 Å². The van der Waals surface area contributed by atoms with Gasteiger partial charge in [0, 0.05) is 56.6 Å². The number of anilines is 9. The molecular weight excluding hydrogens is 943 g/mol. The Morgan fingerprint density at radius 2 is 0.423 bits per heavy atom. The molecule has 0 radical (unpaired) electrons. The second kappa shape index (κ2) is 20.6. The molecule has 0 fully saturated rings. The van der Waals surface area contributed by atoms with Gasteiger partial charge in [0.25, 0.3) is 0 Å². The van der Waals surface area contributed by atoms with E-state index in [1.165, 1.54) is 44.5 Å². The van der Waals surface area contributed by atoms with E-state index in [1.54, 1.807) is 0 Å². The first kappa shape index (κ1) is 47.7. The largest absolute Gasteiger partial charge is 0.311 e. The predicted octanol–water partition coefficient (Wildman–Crippen LogP) is 21.1. The Morgan fingerprint density at radius 1 is 0.192 bits per heavy atom. The Balaban J connectivity index is 0.807. The smallest absolute Gasteiger partial charge is 0.0465 e. The molecule has 13 rings (SSSR count). The molecular formula is C75H57N3. The van der Waals surface area contributed by atoms with Crippen molar-refractivity contribution in [1.82, 2.24) is 0 Å². The second-order valence-corrected chi connectivity index (χ2v) is 20.6. The maximum absolute atomic E-state index is 2.41. The Bertz CT molecular complexity index is 3760. The number of nitrogens with zero attached hydrogens (tertiary/aromatic N) is 3. The van der Waals surface area contributed by atoms with Gasteiger partial charge in [-0.15, -0.1) is 0 Å². The van der Waals surface area contributed by atoms with E-state index in [2.05, 4.69) is 338 Å². The molecule has 0 aromatic heterocycles. The highest BCUT2D eigenvalue weighted by molar-refractivity contribution is 5.88. The molecule has 12 aromatic carbocycles. The van der Waals surface area contributed by atoms with E-state index in [1.807, 2.05) is 0 Å². The summed E-state index contributed by atoms with van der Waals surface area (Å²) in [4.78, 5) is 7.05. The number of rotatable bonds is 13. The van der Waals surface area contributed by atoms with Gasteiger partial charge in [-0.1, -0.05) is 214 Å². The van der Waals surface area contributed by atoms with E-state index in [0.29, 0.717) is 0 Å². The topological polar surface area (TPSA) is 9.72 Å². The fraction of sp³-hybridized carbons (Fsp3) is 0.0400. The SMILES string of the molecule is CC1(C)c2ccccc2-c2ccc(N(c3ccc(-c4ccc(N(c5ccccc5)c5ccc(-c6ccccc6)cc5)cc4)cc3)c3ccc(-c4ccc(N(c5ccccc5)c5ccc(-c6ccccc6)cc5)cc4)cc3)cc21. The molecule has 0 bridgehead atoms. The number of benzene rings is 12. The number of hydrogen-bond donors (Lipinski definition) is 0. The standard InChI is InChI=1S/C75H57N3/c1-75(2)73-26-16-15-25-71(73)72-52-51-70(53-74(72)75)78(68-47-35-60(36-48-68)58-31-43-66(44-32-58)76(62-21-11-5-12-22-62)64-39-27-56(28-40-64)54-17-7-3-8-18-54)69-49-37-61(38-50-69)59-33-45-67(46-34-59)77(63-23-13-6-14-24-63)65-41-29-57(30-42-65)55-19-9-4-10-20-55/h3-53H,1-2H3. The summed E-state index contributed by atoms with van der Waals surface area (Å²) in [5.74, 6) is 0. The second-order valence-electron chi connectivity index (χ2n) is 20.6. The normalized spacial score (nSPS) is 12.1. The number of fused-ring (bicyclic) bond motifs is 3. The summed E-state index contributed by atoms with van der Waals surface area (Å²) in [6.07, 6.45) is 0. The van der Waals surface area contributed by atoms with Crippen molar-refractivity contribution < 1.29 is 0 Å². The first-order valence-electron chi connectivity index (χ1n) is 26.9. The van der Waals surface area contributed by atoms with Crippen molar-refractivity contribution in [3.8, 4) is 55.6 Å². The zero-order valence-electron chi connectivity index (χ0n) is 43.8. The molecule has 12 aromatic rings. The van der Waals surface area contributed by atoms with Crippen LogP contribution in [0.5, 0.6) is 0 Å². The van der Waals surface area contributed by atoms with Crippen LogP contribution in [0.15, 0.2) is 309 Å². The van der Waals surface area contributed by atoms with Gasteiger partial charge in [-0.3, -0.25) is 0 Å². The van der Waals surface area contributed by atoms with Gasteiger partial charge >= 0.3 is 0 Å². The maximum atomic E-state index is 2.41. The molecule has 1 aliphatic carbocycles. The minimum Gasteiger partial charge on any atom is -0.311 e. The Hall–Kier alpha value is -9.96. The van der Waals surface area contributed by atoms with Crippen molar-refractivity contribution >= 4 is 51.2 Å². The fourth-order valence-electron chi connectivity index (χ4n) is 11.4. The van der Waals surface area contributed by atoms with Crippen LogP contribution in [-0.4, -0.2) is 0 Å². The van der Waals surface area contributed by atoms with Gasteiger partial charge in [0.15, 0.2) is 0 Å². The minimum absolute atomic E-state index is 0.136. The molecule has 0 atom stereocenters. The molecule has 0 spiro atoms. The lowest BCUT2D eigenvalue weighted by molar-refractivity contribution is 0.660. The van der Waals surface area contributed by atoms with Crippen LogP contribution in [0, 0.1) is 0 Å². The van der Waals surface area contributed by atoms with Crippen molar-refractivity contribution in [1.29, 1.82) is 0 Å². The van der Waals surface area contributed by atoms with Gasteiger partial charge in [0.05, 0.1) is 0 Å². The van der Waals surface area contributed by atoms with E-state index in [0.717, 1.165) is 73.4 Å². The molecule has 3 nitrogen and oxygen atoms in total.